The fraction of sp³-hybridized carbons (Fsp3) is 0.750. The van der Waals surface area contributed by atoms with Crippen molar-refractivity contribution in [3.8, 4) is 0 Å². The van der Waals surface area contributed by atoms with Crippen LogP contribution in [0.15, 0.2) is 23.5 Å². The summed E-state index contributed by atoms with van der Waals surface area (Å²) in [6.45, 7) is 12.5. The first-order chi connectivity index (χ1) is 13.9. The molecule has 1 aliphatic heterocycles. The second-order valence-electron chi connectivity index (χ2n) is 8.21. The standard InChI is InChI=1S/C20H37N7O2/c1-20(2,3)29-19(28)26-16-14-25(15-17-26)11-5-8-22-18(21-4)23-9-6-12-27-13-7-10-24-27/h7,10,13H,5-6,8-9,11-12,14-17H2,1-4H3,(H2,21,22,23). The van der Waals surface area contributed by atoms with Crippen LogP contribution in [0, 0.1) is 0 Å². The lowest BCUT2D eigenvalue weighted by Crippen LogP contribution is -2.50. The maximum Gasteiger partial charge on any atom is 0.410 e. The smallest absolute Gasteiger partial charge is 0.410 e. The van der Waals surface area contributed by atoms with E-state index in [2.05, 4.69) is 25.6 Å². The Hall–Kier alpha value is -2.29. The molecule has 0 spiro atoms. The van der Waals surface area contributed by atoms with Gasteiger partial charge in [0.2, 0.25) is 0 Å². The van der Waals surface area contributed by atoms with Gasteiger partial charge in [0.15, 0.2) is 5.96 Å². The highest BCUT2D eigenvalue weighted by molar-refractivity contribution is 5.79. The fourth-order valence-corrected chi connectivity index (χ4v) is 3.09. The van der Waals surface area contributed by atoms with Crippen molar-refractivity contribution in [1.82, 2.24) is 30.2 Å². The number of rotatable bonds is 8. The molecule has 0 aliphatic carbocycles. The average Bonchev–Trinajstić information content (AvgIpc) is 3.19. The van der Waals surface area contributed by atoms with Crippen LogP contribution in [-0.2, 0) is 11.3 Å². The molecule has 1 amide bonds. The Morgan fingerprint density at radius 3 is 2.31 bits per heavy atom. The number of piperazine rings is 1. The Balaban J connectivity index is 1.52. The first-order valence-corrected chi connectivity index (χ1v) is 10.5. The van der Waals surface area contributed by atoms with Crippen molar-refractivity contribution in [2.24, 2.45) is 4.99 Å². The molecule has 1 saturated heterocycles. The number of aromatic nitrogens is 2. The molecule has 1 fully saturated rings. The van der Waals surface area contributed by atoms with Crippen molar-refractivity contribution in [2.45, 2.75) is 45.8 Å². The van der Waals surface area contributed by atoms with Gasteiger partial charge in [-0.2, -0.15) is 5.10 Å². The van der Waals surface area contributed by atoms with E-state index < -0.39 is 5.60 Å². The van der Waals surface area contributed by atoms with Gasteiger partial charge in [0.1, 0.15) is 5.60 Å². The van der Waals surface area contributed by atoms with Crippen molar-refractivity contribution < 1.29 is 9.53 Å². The summed E-state index contributed by atoms with van der Waals surface area (Å²) in [6.07, 6.45) is 5.58. The Labute approximate surface area is 174 Å². The van der Waals surface area contributed by atoms with Crippen LogP contribution in [-0.4, -0.2) is 90.1 Å². The van der Waals surface area contributed by atoms with Gasteiger partial charge >= 0.3 is 6.09 Å². The number of carbonyl (C=O) groups excluding carboxylic acids is 1. The third-order valence-corrected chi connectivity index (χ3v) is 4.61. The molecule has 2 heterocycles. The van der Waals surface area contributed by atoms with Crippen molar-refractivity contribution in [2.75, 3.05) is 52.9 Å². The number of hydrogen-bond acceptors (Lipinski definition) is 5. The summed E-state index contributed by atoms with van der Waals surface area (Å²) in [4.78, 5) is 20.6. The van der Waals surface area contributed by atoms with Crippen LogP contribution < -0.4 is 10.6 Å². The monoisotopic (exact) mass is 407 g/mol. The number of amides is 1. The Morgan fingerprint density at radius 1 is 1.10 bits per heavy atom. The lowest BCUT2D eigenvalue weighted by Gasteiger charge is -2.35. The molecule has 29 heavy (non-hydrogen) atoms. The van der Waals surface area contributed by atoms with Crippen molar-refractivity contribution >= 4 is 12.1 Å². The number of carbonyl (C=O) groups is 1. The summed E-state index contributed by atoms with van der Waals surface area (Å²) >= 11 is 0. The summed E-state index contributed by atoms with van der Waals surface area (Å²) in [6, 6.07) is 1.94. The van der Waals surface area contributed by atoms with E-state index >= 15 is 0 Å². The number of aryl methyl sites for hydroxylation is 1. The summed E-state index contributed by atoms with van der Waals surface area (Å²) in [5, 5.41) is 10.9. The van der Waals surface area contributed by atoms with Gasteiger partial charge in [-0.3, -0.25) is 14.6 Å². The molecule has 1 aromatic heterocycles. The molecule has 164 valence electrons. The van der Waals surface area contributed by atoms with Crippen LogP contribution >= 0.6 is 0 Å². The molecule has 9 heteroatoms. The SMILES string of the molecule is CN=C(NCCCN1CCN(C(=O)OC(C)(C)C)CC1)NCCCn1cccn1. The van der Waals surface area contributed by atoms with Crippen LogP contribution in [0.1, 0.15) is 33.6 Å². The predicted molar refractivity (Wildman–Crippen MR) is 115 cm³/mol. The van der Waals surface area contributed by atoms with Gasteiger partial charge in [-0.25, -0.2) is 4.79 Å². The van der Waals surface area contributed by atoms with Crippen LogP contribution in [0.4, 0.5) is 4.79 Å². The number of nitrogens with zero attached hydrogens (tertiary/aromatic N) is 5. The minimum absolute atomic E-state index is 0.207. The summed E-state index contributed by atoms with van der Waals surface area (Å²) in [5.41, 5.74) is -0.439. The fourth-order valence-electron chi connectivity index (χ4n) is 3.09. The van der Waals surface area contributed by atoms with E-state index in [1.54, 1.807) is 18.1 Å². The normalized spacial score (nSPS) is 16.0. The van der Waals surface area contributed by atoms with E-state index in [4.69, 9.17) is 4.74 Å². The molecule has 0 saturated carbocycles. The quantitative estimate of drug-likeness (QED) is 0.385. The zero-order valence-corrected chi connectivity index (χ0v) is 18.4. The minimum atomic E-state index is -0.439. The summed E-state index contributed by atoms with van der Waals surface area (Å²) in [7, 11) is 1.79. The largest absolute Gasteiger partial charge is 0.444 e. The molecule has 1 aliphatic rings. The molecule has 0 bridgehead atoms. The molecular formula is C20H37N7O2. The van der Waals surface area contributed by atoms with Crippen LogP contribution in [0.2, 0.25) is 0 Å². The predicted octanol–water partition coefficient (Wildman–Crippen LogP) is 1.38. The number of nitrogens with one attached hydrogen (secondary N) is 2. The van der Waals surface area contributed by atoms with E-state index in [1.807, 2.05) is 37.7 Å². The van der Waals surface area contributed by atoms with Crippen LogP contribution in [0.5, 0.6) is 0 Å². The third-order valence-electron chi connectivity index (χ3n) is 4.61. The van der Waals surface area contributed by atoms with Gasteiger partial charge in [-0.15, -0.1) is 0 Å². The van der Waals surface area contributed by atoms with Gasteiger partial charge in [0.25, 0.3) is 0 Å². The molecule has 1 aromatic rings. The Morgan fingerprint density at radius 2 is 1.76 bits per heavy atom. The van der Waals surface area contributed by atoms with E-state index in [0.717, 1.165) is 71.2 Å². The molecular weight excluding hydrogens is 370 g/mol. The van der Waals surface area contributed by atoms with Gasteiger partial charge in [-0.1, -0.05) is 0 Å². The minimum Gasteiger partial charge on any atom is -0.444 e. The van der Waals surface area contributed by atoms with Gasteiger partial charge in [-0.05, 0) is 46.2 Å². The number of hydrogen-bond donors (Lipinski definition) is 2. The van der Waals surface area contributed by atoms with Crippen molar-refractivity contribution in [1.29, 1.82) is 0 Å². The highest BCUT2D eigenvalue weighted by atomic mass is 16.6. The molecule has 0 atom stereocenters. The molecule has 2 N–H and O–H groups in total. The zero-order chi connectivity index (χ0) is 21.1. The zero-order valence-electron chi connectivity index (χ0n) is 18.4. The van der Waals surface area contributed by atoms with Crippen molar-refractivity contribution in [3.63, 3.8) is 0 Å². The van der Waals surface area contributed by atoms with Crippen molar-refractivity contribution in [3.05, 3.63) is 18.5 Å². The molecule has 0 unspecified atom stereocenters. The lowest BCUT2D eigenvalue weighted by atomic mass is 10.2. The number of ether oxygens (including phenoxy) is 1. The van der Waals surface area contributed by atoms with Gasteiger partial charge < -0.3 is 20.3 Å². The van der Waals surface area contributed by atoms with E-state index in [1.165, 1.54) is 0 Å². The molecule has 9 nitrogen and oxygen atoms in total. The van der Waals surface area contributed by atoms with Gasteiger partial charge in [0.05, 0.1) is 0 Å². The lowest BCUT2D eigenvalue weighted by molar-refractivity contribution is 0.0145. The van der Waals surface area contributed by atoms with E-state index in [9.17, 15) is 4.79 Å². The number of aliphatic imine (C=N–C) groups is 1. The first-order valence-electron chi connectivity index (χ1n) is 10.5. The second-order valence-corrected chi connectivity index (χ2v) is 8.21. The van der Waals surface area contributed by atoms with Crippen LogP contribution in [0.25, 0.3) is 0 Å². The second kappa shape index (κ2) is 11.6. The first kappa shape index (κ1) is 23.0. The average molecular weight is 408 g/mol. The number of guanidine groups is 1. The maximum absolute atomic E-state index is 12.1. The third kappa shape index (κ3) is 9.17. The maximum atomic E-state index is 12.1. The molecule has 2 rings (SSSR count). The highest BCUT2D eigenvalue weighted by Gasteiger charge is 2.25. The topological polar surface area (TPSA) is 87.0 Å². The van der Waals surface area contributed by atoms with E-state index in [-0.39, 0.29) is 6.09 Å². The Kier molecular flexibility index (Phi) is 9.24. The molecule has 0 radical (unpaired) electrons. The molecule has 0 aromatic carbocycles. The Bertz CT molecular complexity index is 617. The highest BCUT2D eigenvalue weighted by Crippen LogP contribution is 2.11. The van der Waals surface area contributed by atoms with E-state index in [0.29, 0.717) is 0 Å². The van der Waals surface area contributed by atoms with Crippen LogP contribution in [0.3, 0.4) is 0 Å². The van der Waals surface area contributed by atoms with Gasteiger partial charge in [0, 0.05) is 65.3 Å². The summed E-state index contributed by atoms with van der Waals surface area (Å²) in [5.74, 6) is 0.834. The summed E-state index contributed by atoms with van der Waals surface area (Å²) < 4.78 is 7.38.